The molecule has 43 heavy (non-hydrogen) atoms. The van der Waals surface area contributed by atoms with Gasteiger partial charge in [-0.15, -0.1) is 0 Å². The van der Waals surface area contributed by atoms with Gasteiger partial charge in [0.2, 0.25) is 11.8 Å². The van der Waals surface area contributed by atoms with Crippen LogP contribution in [-0.4, -0.2) is 64.3 Å². The number of nitrogens with zero attached hydrogens (tertiary/aromatic N) is 3. The van der Waals surface area contributed by atoms with Crippen molar-refractivity contribution in [2.24, 2.45) is 5.92 Å². The molecule has 7 heteroatoms. The summed E-state index contributed by atoms with van der Waals surface area (Å²) in [5.41, 5.74) is 5.23. The monoisotopic (exact) mass is 595 g/mol. The van der Waals surface area contributed by atoms with Gasteiger partial charge in [-0.1, -0.05) is 18.2 Å². The summed E-state index contributed by atoms with van der Waals surface area (Å²) in [7, 11) is 0. The molecule has 2 aromatic rings. The lowest BCUT2D eigenvalue weighted by Gasteiger charge is -2.46. The molecule has 2 heterocycles. The number of amides is 2. The molecule has 0 saturated carbocycles. The summed E-state index contributed by atoms with van der Waals surface area (Å²) in [4.78, 5) is 32.9. The average molecular weight is 596 g/mol. The first-order chi connectivity index (χ1) is 20.1. The van der Waals surface area contributed by atoms with Crippen molar-refractivity contribution in [1.29, 1.82) is 0 Å². The molecular formula is C36H51F2N3O2. The lowest BCUT2D eigenvalue weighted by molar-refractivity contribution is -0.139. The van der Waals surface area contributed by atoms with Gasteiger partial charge in [0.25, 0.3) is 0 Å². The third-order valence-corrected chi connectivity index (χ3v) is 9.97. The maximum atomic E-state index is 15.1. The fourth-order valence-electron chi connectivity index (χ4n) is 7.43. The molecule has 2 saturated heterocycles. The van der Waals surface area contributed by atoms with E-state index >= 15 is 4.39 Å². The Morgan fingerprint density at radius 3 is 2.09 bits per heavy atom. The lowest BCUT2D eigenvalue weighted by Crippen LogP contribution is -2.53. The summed E-state index contributed by atoms with van der Waals surface area (Å²) in [6.45, 7) is 21.1. The zero-order valence-corrected chi connectivity index (χ0v) is 27.6. The standard InChI is InChI=1S/C36H51F2N3O2/c1-22(2)41(26(6)42)25(5)31-18-23(3)24(4)19-32(31)27-12-15-39(16-13-27)35(43)30-14-17-40(36(7,8)9)21-33(30)29-11-10-28(37)20-34(29)38/h10-11,18-20,22,25,27,30,33H,12-17,21H2,1-9H3. The Kier molecular flexibility index (Phi) is 10.0. The number of aryl methyl sites for hydroxylation is 2. The summed E-state index contributed by atoms with van der Waals surface area (Å²) in [6.07, 6.45) is 2.32. The first kappa shape index (κ1) is 33.1. The van der Waals surface area contributed by atoms with Gasteiger partial charge in [-0.05, 0) is 121 Å². The van der Waals surface area contributed by atoms with Gasteiger partial charge >= 0.3 is 0 Å². The first-order valence-corrected chi connectivity index (χ1v) is 16.0. The van der Waals surface area contributed by atoms with Gasteiger partial charge in [0.15, 0.2) is 0 Å². The first-order valence-electron chi connectivity index (χ1n) is 16.0. The van der Waals surface area contributed by atoms with Gasteiger partial charge in [0.05, 0.1) is 6.04 Å². The number of hydrogen-bond donors (Lipinski definition) is 0. The van der Waals surface area contributed by atoms with E-state index in [2.05, 4.69) is 72.4 Å². The number of rotatable bonds is 6. The predicted molar refractivity (Wildman–Crippen MR) is 169 cm³/mol. The van der Waals surface area contributed by atoms with Gasteiger partial charge < -0.3 is 9.80 Å². The molecule has 3 atom stereocenters. The Balaban J connectivity index is 1.56. The average Bonchev–Trinajstić information content (AvgIpc) is 2.93. The summed E-state index contributed by atoms with van der Waals surface area (Å²) in [6, 6.07) is 8.34. The van der Waals surface area contributed by atoms with Gasteiger partial charge in [-0.25, -0.2) is 8.78 Å². The van der Waals surface area contributed by atoms with Crippen LogP contribution < -0.4 is 0 Å². The van der Waals surface area contributed by atoms with E-state index in [1.54, 1.807) is 6.92 Å². The molecule has 3 unspecified atom stereocenters. The smallest absolute Gasteiger partial charge is 0.226 e. The summed E-state index contributed by atoms with van der Waals surface area (Å²) in [5.74, 6) is -1.42. The van der Waals surface area contributed by atoms with E-state index in [1.165, 1.54) is 34.4 Å². The van der Waals surface area contributed by atoms with Crippen molar-refractivity contribution < 1.29 is 18.4 Å². The van der Waals surface area contributed by atoms with Crippen LogP contribution in [0.3, 0.4) is 0 Å². The van der Waals surface area contributed by atoms with Crippen molar-refractivity contribution in [3.8, 4) is 0 Å². The highest BCUT2D eigenvalue weighted by atomic mass is 19.1. The molecule has 0 aromatic heterocycles. The minimum atomic E-state index is -0.602. The van der Waals surface area contributed by atoms with Crippen LogP contribution in [0.4, 0.5) is 8.78 Å². The second-order valence-corrected chi connectivity index (χ2v) is 14.1. The van der Waals surface area contributed by atoms with E-state index in [0.29, 0.717) is 31.6 Å². The quantitative estimate of drug-likeness (QED) is 0.347. The molecule has 5 nitrogen and oxygen atoms in total. The summed E-state index contributed by atoms with van der Waals surface area (Å²) >= 11 is 0. The van der Waals surface area contributed by atoms with E-state index < -0.39 is 11.6 Å². The largest absolute Gasteiger partial charge is 0.342 e. The third kappa shape index (κ3) is 7.13. The molecule has 2 aliphatic heterocycles. The van der Waals surface area contributed by atoms with Crippen LogP contribution in [-0.2, 0) is 9.59 Å². The van der Waals surface area contributed by atoms with Gasteiger partial charge in [-0.3, -0.25) is 14.5 Å². The Labute approximate surface area is 257 Å². The normalized spacial score (nSPS) is 21.3. The SMILES string of the molecule is CC(=O)N(C(C)C)C(C)c1cc(C)c(C)cc1C1CCN(C(=O)C2CCN(C(C)(C)C)CC2c2ccc(F)cc2F)CC1. The maximum Gasteiger partial charge on any atom is 0.226 e. The second kappa shape index (κ2) is 13.1. The van der Waals surface area contributed by atoms with Crippen LogP contribution in [0.15, 0.2) is 30.3 Å². The van der Waals surface area contributed by atoms with Crippen molar-refractivity contribution >= 4 is 11.8 Å². The van der Waals surface area contributed by atoms with Crippen molar-refractivity contribution in [3.63, 3.8) is 0 Å². The molecule has 0 radical (unpaired) electrons. The lowest BCUT2D eigenvalue weighted by atomic mass is 9.77. The number of carbonyl (C=O) groups is 2. The topological polar surface area (TPSA) is 43.9 Å². The minimum Gasteiger partial charge on any atom is -0.342 e. The third-order valence-electron chi connectivity index (χ3n) is 9.97. The molecular weight excluding hydrogens is 544 g/mol. The highest BCUT2D eigenvalue weighted by molar-refractivity contribution is 5.80. The van der Waals surface area contributed by atoms with E-state index in [-0.39, 0.29) is 47.2 Å². The zero-order chi connectivity index (χ0) is 31.8. The fourth-order valence-corrected chi connectivity index (χ4v) is 7.43. The molecule has 2 aromatic carbocycles. The van der Waals surface area contributed by atoms with Gasteiger partial charge in [-0.2, -0.15) is 0 Å². The van der Waals surface area contributed by atoms with Crippen LogP contribution in [0, 0.1) is 31.4 Å². The summed E-state index contributed by atoms with van der Waals surface area (Å²) < 4.78 is 28.9. The van der Waals surface area contributed by atoms with E-state index in [1.807, 2.05) is 9.80 Å². The highest BCUT2D eigenvalue weighted by Crippen LogP contribution is 2.40. The van der Waals surface area contributed by atoms with Crippen LogP contribution in [0.2, 0.25) is 0 Å². The van der Waals surface area contributed by atoms with Crippen molar-refractivity contribution in [1.82, 2.24) is 14.7 Å². The zero-order valence-electron chi connectivity index (χ0n) is 27.6. The molecule has 0 N–H and O–H groups in total. The van der Waals surface area contributed by atoms with E-state index in [9.17, 15) is 14.0 Å². The fraction of sp³-hybridized carbons (Fsp3) is 0.611. The number of benzene rings is 2. The van der Waals surface area contributed by atoms with Crippen molar-refractivity contribution in [2.45, 2.75) is 111 Å². The molecule has 2 fully saturated rings. The van der Waals surface area contributed by atoms with Crippen LogP contribution in [0.1, 0.15) is 113 Å². The van der Waals surface area contributed by atoms with Gasteiger partial charge in [0.1, 0.15) is 11.6 Å². The Bertz CT molecular complexity index is 1330. The van der Waals surface area contributed by atoms with E-state index in [4.69, 9.17) is 0 Å². The Morgan fingerprint density at radius 1 is 0.907 bits per heavy atom. The maximum absolute atomic E-state index is 15.1. The van der Waals surface area contributed by atoms with E-state index in [0.717, 1.165) is 25.5 Å². The number of hydrogen-bond acceptors (Lipinski definition) is 3. The Hall–Kier alpha value is -2.80. The highest BCUT2D eigenvalue weighted by Gasteiger charge is 2.41. The molecule has 0 bridgehead atoms. The molecule has 236 valence electrons. The molecule has 4 rings (SSSR count). The molecule has 0 aliphatic carbocycles. The van der Waals surface area contributed by atoms with Crippen LogP contribution in [0.5, 0.6) is 0 Å². The predicted octanol–water partition coefficient (Wildman–Crippen LogP) is 7.51. The molecule has 2 aliphatic rings. The van der Waals surface area contributed by atoms with Crippen LogP contribution in [0.25, 0.3) is 0 Å². The number of carbonyl (C=O) groups excluding carboxylic acids is 2. The van der Waals surface area contributed by atoms with Crippen LogP contribution >= 0.6 is 0 Å². The second-order valence-electron chi connectivity index (χ2n) is 14.1. The Morgan fingerprint density at radius 2 is 1.53 bits per heavy atom. The van der Waals surface area contributed by atoms with Gasteiger partial charge in [0, 0.05) is 56.0 Å². The van der Waals surface area contributed by atoms with Crippen molar-refractivity contribution in [3.05, 3.63) is 69.8 Å². The van der Waals surface area contributed by atoms with Crippen molar-refractivity contribution in [2.75, 3.05) is 26.2 Å². The molecule has 2 amide bonds. The molecule has 0 spiro atoms. The number of piperidine rings is 2. The summed E-state index contributed by atoms with van der Waals surface area (Å²) in [5, 5.41) is 0. The number of halogens is 2. The minimum absolute atomic E-state index is 0.0502. The number of likely N-dealkylation sites (tertiary alicyclic amines) is 2.